The predicted molar refractivity (Wildman–Crippen MR) is 70.4 cm³/mol. The Morgan fingerprint density at radius 1 is 1.32 bits per heavy atom. The fourth-order valence-corrected chi connectivity index (χ4v) is 2.27. The third-order valence-corrected chi connectivity index (χ3v) is 3.68. The summed E-state index contributed by atoms with van der Waals surface area (Å²) in [6, 6.07) is 0. The molecule has 0 aromatic heterocycles. The summed E-state index contributed by atoms with van der Waals surface area (Å²) in [5.74, 6) is -0.946. The van der Waals surface area contributed by atoms with Gasteiger partial charge in [-0.3, -0.25) is 24.1 Å². The van der Waals surface area contributed by atoms with Crippen LogP contribution in [-0.4, -0.2) is 53.8 Å². The van der Waals surface area contributed by atoms with E-state index in [0.29, 0.717) is 0 Å². The van der Waals surface area contributed by atoms with Gasteiger partial charge in [0.25, 0.3) is 5.24 Å². The van der Waals surface area contributed by atoms with Crippen molar-refractivity contribution in [2.24, 2.45) is 5.41 Å². The maximum Gasteiger partial charge on any atom is 0.288 e. The average Bonchev–Trinajstić information content (AvgIpc) is 2.68. The average molecular weight is 287 g/mol. The van der Waals surface area contributed by atoms with Crippen molar-refractivity contribution in [3.63, 3.8) is 0 Å². The molecule has 1 aliphatic heterocycles. The molecule has 0 saturated carbocycles. The lowest BCUT2D eigenvalue weighted by Crippen LogP contribution is -2.48. The zero-order valence-corrected chi connectivity index (χ0v) is 11.9. The van der Waals surface area contributed by atoms with Crippen molar-refractivity contribution in [1.29, 1.82) is 0 Å². The molecule has 0 aromatic rings. The Kier molecular flexibility index (Phi) is 4.93. The van der Waals surface area contributed by atoms with Gasteiger partial charge < -0.3 is 10.6 Å². The molecule has 0 unspecified atom stereocenters. The molecule has 1 heterocycles. The number of carbonyl (C=O) groups is 4. The molecule has 1 fully saturated rings. The summed E-state index contributed by atoms with van der Waals surface area (Å²) in [5.41, 5.74) is -1.19. The van der Waals surface area contributed by atoms with Gasteiger partial charge in [-0.2, -0.15) is 0 Å². The first kappa shape index (κ1) is 15.5. The Morgan fingerprint density at radius 2 is 1.95 bits per heavy atom. The van der Waals surface area contributed by atoms with Gasteiger partial charge >= 0.3 is 0 Å². The van der Waals surface area contributed by atoms with Gasteiger partial charge in [-0.25, -0.2) is 0 Å². The Balaban J connectivity index is 2.45. The van der Waals surface area contributed by atoms with Crippen LogP contribution in [-0.2, 0) is 14.4 Å². The topological polar surface area (TPSA) is 95.6 Å². The van der Waals surface area contributed by atoms with Gasteiger partial charge in [0.1, 0.15) is 5.41 Å². The summed E-state index contributed by atoms with van der Waals surface area (Å²) in [6.45, 7) is 3.27. The number of rotatable bonds is 5. The van der Waals surface area contributed by atoms with E-state index in [2.05, 4.69) is 10.6 Å². The lowest BCUT2D eigenvalue weighted by Gasteiger charge is -2.22. The second kappa shape index (κ2) is 6.05. The number of nitrogens with one attached hydrogen (secondary N) is 2. The minimum Gasteiger partial charge on any atom is -0.358 e. The van der Waals surface area contributed by atoms with E-state index in [4.69, 9.17) is 0 Å². The molecular weight excluding hydrogens is 270 g/mol. The zero-order valence-electron chi connectivity index (χ0n) is 11.1. The summed E-state index contributed by atoms with van der Waals surface area (Å²) >= 11 is 0.947. The van der Waals surface area contributed by atoms with Crippen LogP contribution in [0, 0.1) is 5.41 Å². The van der Waals surface area contributed by atoms with Crippen molar-refractivity contribution < 1.29 is 19.2 Å². The van der Waals surface area contributed by atoms with Crippen molar-refractivity contribution in [3.8, 4) is 0 Å². The summed E-state index contributed by atoms with van der Waals surface area (Å²) < 4.78 is 0. The summed E-state index contributed by atoms with van der Waals surface area (Å²) in [6.07, 6.45) is 0. The number of carbonyl (C=O) groups excluding carboxylic acids is 4. The van der Waals surface area contributed by atoms with Crippen LogP contribution in [0.1, 0.15) is 13.8 Å². The molecule has 0 aliphatic carbocycles. The van der Waals surface area contributed by atoms with Crippen LogP contribution in [0.3, 0.4) is 0 Å². The van der Waals surface area contributed by atoms with Crippen LogP contribution in [0.25, 0.3) is 0 Å². The Morgan fingerprint density at radius 3 is 2.42 bits per heavy atom. The molecule has 0 radical (unpaired) electrons. The Labute approximate surface area is 115 Å². The maximum atomic E-state index is 11.8. The molecule has 1 aliphatic rings. The van der Waals surface area contributed by atoms with Gasteiger partial charge in [-0.15, -0.1) is 0 Å². The van der Waals surface area contributed by atoms with Gasteiger partial charge in [0.15, 0.2) is 0 Å². The van der Waals surface area contributed by atoms with Gasteiger partial charge in [-0.1, -0.05) is 11.8 Å². The minimum absolute atomic E-state index is 0.125. The number of hydrogen-bond acceptors (Lipinski definition) is 5. The molecule has 106 valence electrons. The Hall–Kier alpha value is -1.57. The first-order valence-electron chi connectivity index (χ1n) is 5.78. The third kappa shape index (κ3) is 3.46. The summed E-state index contributed by atoms with van der Waals surface area (Å²) in [7, 11) is 1.45. The number of hydrogen-bond donors (Lipinski definition) is 2. The van der Waals surface area contributed by atoms with Gasteiger partial charge in [0.05, 0.1) is 5.75 Å². The molecule has 2 N–H and O–H groups in total. The van der Waals surface area contributed by atoms with E-state index in [1.54, 1.807) is 0 Å². The molecule has 0 aromatic carbocycles. The van der Waals surface area contributed by atoms with Crippen molar-refractivity contribution in [3.05, 3.63) is 0 Å². The highest BCUT2D eigenvalue weighted by atomic mass is 32.2. The van der Waals surface area contributed by atoms with Crippen molar-refractivity contribution in [1.82, 2.24) is 15.5 Å². The van der Waals surface area contributed by atoms with E-state index in [0.717, 1.165) is 16.7 Å². The monoisotopic (exact) mass is 287 g/mol. The van der Waals surface area contributed by atoms with E-state index in [1.807, 2.05) is 0 Å². The van der Waals surface area contributed by atoms with Crippen molar-refractivity contribution in [2.75, 3.05) is 25.9 Å². The largest absolute Gasteiger partial charge is 0.358 e. The van der Waals surface area contributed by atoms with Gasteiger partial charge in [0.2, 0.25) is 17.7 Å². The second-order valence-corrected chi connectivity index (χ2v) is 5.49. The molecule has 0 spiro atoms. The van der Waals surface area contributed by atoms with Crippen LogP contribution in [0.15, 0.2) is 0 Å². The smallest absolute Gasteiger partial charge is 0.288 e. The van der Waals surface area contributed by atoms with Crippen molar-refractivity contribution >= 4 is 34.7 Å². The van der Waals surface area contributed by atoms with Crippen LogP contribution in [0.5, 0.6) is 0 Å². The van der Waals surface area contributed by atoms with Crippen LogP contribution >= 0.6 is 11.8 Å². The molecular formula is C11H17N3O4S. The highest BCUT2D eigenvalue weighted by molar-refractivity contribution is 8.14. The van der Waals surface area contributed by atoms with E-state index < -0.39 is 17.2 Å². The van der Waals surface area contributed by atoms with Gasteiger partial charge in [0, 0.05) is 20.1 Å². The predicted octanol–water partition coefficient (Wildman–Crippen LogP) is -0.430. The van der Waals surface area contributed by atoms with E-state index >= 15 is 0 Å². The number of imide groups is 1. The quantitative estimate of drug-likeness (QED) is 0.669. The van der Waals surface area contributed by atoms with Crippen LogP contribution < -0.4 is 10.6 Å². The molecule has 1 rings (SSSR count). The van der Waals surface area contributed by atoms with E-state index in [-0.39, 0.29) is 30.0 Å². The minimum atomic E-state index is -1.19. The SMILES string of the molecule is CNC(=O)C(C)(C)C(=O)NCCN1C(=O)CSC1=O. The highest BCUT2D eigenvalue weighted by Crippen LogP contribution is 2.18. The first-order valence-corrected chi connectivity index (χ1v) is 6.77. The summed E-state index contributed by atoms with van der Waals surface area (Å²) in [5, 5.41) is 4.66. The number of nitrogens with zero attached hydrogens (tertiary/aromatic N) is 1. The molecule has 19 heavy (non-hydrogen) atoms. The molecule has 4 amide bonds. The zero-order chi connectivity index (χ0) is 14.6. The number of amides is 4. The van der Waals surface area contributed by atoms with Crippen LogP contribution in [0.2, 0.25) is 0 Å². The third-order valence-electron chi connectivity index (χ3n) is 2.82. The van der Waals surface area contributed by atoms with Crippen LogP contribution in [0.4, 0.5) is 4.79 Å². The highest BCUT2D eigenvalue weighted by Gasteiger charge is 2.35. The fraction of sp³-hybridized carbons (Fsp3) is 0.636. The molecule has 0 atom stereocenters. The molecule has 0 bridgehead atoms. The lowest BCUT2D eigenvalue weighted by molar-refractivity contribution is -0.141. The van der Waals surface area contributed by atoms with E-state index in [1.165, 1.54) is 20.9 Å². The summed E-state index contributed by atoms with van der Waals surface area (Å²) in [4.78, 5) is 47.1. The first-order chi connectivity index (χ1) is 8.80. The Bertz CT molecular complexity index is 406. The van der Waals surface area contributed by atoms with Gasteiger partial charge in [-0.05, 0) is 13.8 Å². The fourth-order valence-electron chi connectivity index (χ4n) is 1.51. The van der Waals surface area contributed by atoms with E-state index in [9.17, 15) is 19.2 Å². The normalized spacial score (nSPS) is 15.6. The molecule has 8 heteroatoms. The standard InChI is InChI=1S/C11H17N3O4S/c1-11(2,8(16)12-3)9(17)13-4-5-14-7(15)6-19-10(14)18/h4-6H2,1-3H3,(H,12,16)(H,13,17). The molecule has 1 saturated heterocycles. The second-order valence-electron chi connectivity index (χ2n) is 4.56. The molecule has 7 nitrogen and oxygen atoms in total. The lowest BCUT2D eigenvalue weighted by atomic mass is 9.91. The van der Waals surface area contributed by atoms with Crippen molar-refractivity contribution in [2.45, 2.75) is 13.8 Å². The maximum absolute atomic E-state index is 11.8. The number of thioether (sulfide) groups is 1.